The van der Waals surface area contributed by atoms with E-state index in [0.717, 1.165) is 19.3 Å². The zero-order valence-corrected chi connectivity index (χ0v) is 11.7. The van der Waals surface area contributed by atoms with E-state index in [1.807, 2.05) is 0 Å². The molecule has 1 rings (SSSR count). The van der Waals surface area contributed by atoms with E-state index in [1.165, 1.54) is 6.92 Å². The molecule has 0 aromatic heterocycles. The third-order valence-corrected chi connectivity index (χ3v) is 3.97. The molecule has 1 N–H and O–H groups in total. The van der Waals surface area contributed by atoms with Crippen LogP contribution in [0.5, 0.6) is 0 Å². The van der Waals surface area contributed by atoms with E-state index >= 15 is 0 Å². The Kier molecular flexibility index (Phi) is 5.17. The summed E-state index contributed by atoms with van der Waals surface area (Å²) in [4.78, 5) is 22.8. The number of esters is 1. The SMILES string of the molecule is CC1CCC(C(C)C)C(C(=O)OC(C)C(=O)O)C1. The Labute approximate surface area is 109 Å². The Bertz CT molecular complexity index is 311. The van der Waals surface area contributed by atoms with Crippen molar-refractivity contribution in [1.82, 2.24) is 0 Å². The molecule has 0 saturated heterocycles. The van der Waals surface area contributed by atoms with Crippen molar-refractivity contribution in [2.24, 2.45) is 23.7 Å². The highest BCUT2D eigenvalue weighted by Gasteiger charge is 2.37. The highest BCUT2D eigenvalue weighted by atomic mass is 16.6. The molecule has 0 aliphatic heterocycles. The first kappa shape index (κ1) is 15.0. The number of aliphatic carboxylic acids is 1. The molecule has 104 valence electrons. The van der Waals surface area contributed by atoms with Gasteiger partial charge < -0.3 is 9.84 Å². The Morgan fingerprint density at radius 3 is 2.33 bits per heavy atom. The molecule has 4 unspecified atom stereocenters. The van der Waals surface area contributed by atoms with Gasteiger partial charge in [-0.25, -0.2) is 4.79 Å². The van der Waals surface area contributed by atoms with Gasteiger partial charge in [-0.2, -0.15) is 0 Å². The number of ether oxygens (including phenoxy) is 1. The monoisotopic (exact) mass is 256 g/mol. The molecule has 0 spiro atoms. The summed E-state index contributed by atoms with van der Waals surface area (Å²) in [5.41, 5.74) is 0. The maximum Gasteiger partial charge on any atom is 0.344 e. The number of carbonyl (C=O) groups excluding carboxylic acids is 1. The quantitative estimate of drug-likeness (QED) is 0.785. The number of carbonyl (C=O) groups is 2. The lowest BCUT2D eigenvalue weighted by Crippen LogP contribution is -2.37. The van der Waals surface area contributed by atoms with Crippen molar-refractivity contribution in [2.45, 2.75) is 53.1 Å². The molecule has 1 aliphatic rings. The second-order valence-electron chi connectivity index (χ2n) is 5.85. The Morgan fingerprint density at radius 2 is 1.83 bits per heavy atom. The largest absolute Gasteiger partial charge is 0.479 e. The fourth-order valence-corrected chi connectivity index (χ4v) is 2.79. The molecule has 1 aliphatic carbocycles. The molecule has 0 radical (unpaired) electrons. The van der Waals surface area contributed by atoms with Crippen molar-refractivity contribution in [2.75, 3.05) is 0 Å². The summed E-state index contributed by atoms with van der Waals surface area (Å²) in [7, 11) is 0. The average molecular weight is 256 g/mol. The first-order valence-electron chi connectivity index (χ1n) is 6.76. The minimum Gasteiger partial charge on any atom is -0.479 e. The van der Waals surface area contributed by atoms with Gasteiger partial charge in [0.2, 0.25) is 0 Å². The van der Waals surface area contributed by atoms with Crippen LogP contribution in [-0.4, -0.2) is 23.1 Å². The van der Waals surface area contributed by atoms with Crippen molar-refractivity contribution < 1.29 is 19.4 Å². The lowest BCUT2D eigenvalue weighted by molar-refractivity contribution is -0.168. The average Bonchev–Trinajstić information content (AvgIpc) is 2.28. The summed E-state index contributed by atoms with van der Waals surface area (Å²) < 4.78 is 5.04. The minimum atomic E-state index is -1.09. The summed E-state index contributed by atoms with van der Waals surface area (Å²) >= 11 is 0. The second kappa shape index (κ2) is 6.21. The van der Waals surface area contributed by atoms with Gasteiger partial charge in [-0.15, -0.1) is 0 Å². The molecule has 4 heteroatoms. The van der Waals surface area contributed by atoms with Gasteiger partial charge in [0.1, 0.15) is 0 Å². The van der Waals surface area contributed by atoms with Gasteiger partial charge in [0.25, 0.3) is 0 Å². The maximum atomic E-state index is 12.1. The van der Waals surface area contributed by atoms with Crippen LogP contribution in [0, 0.1) is 23.7 Å². The van der Waals surface area contributed by atoms with Crippen LogP contribution in [0.3, 0.4) is 0 Å². The predicted molar refractivity (Wildman–Crippen MR) is 68.0 cm³/mol. The number of hydrogen-bond donors (Lipinski definition) is 1. The highest BCUT2D eigenvalue weighted by Crippen LogP contribution is 2.38. The van der Waals surface area contributed by atoms with E-state index in [4.69, 9.17) is 9.84 Å². The summed E-state index contributed by atoms with van der Waals surface area (Å²) in [5.74, 6) is -0.318. The smallest absolute Gasteiger partial charge is 0.344 e. The van der Waals surface area contributed by atoms with Gasteiger partial charge in [-0.3, -0.25) is 4.79 Å². The molecule has 0 bridgehead atoms. The standard InChI is InChI=1S/C14H24O4/c1-8(2)11-6-5-9(3)7-12(11)14(17)18-10(4)13(15)16/h8-12H,5-7H2,1-4H3,(H,15,16). The number of carboxylic acids is 1. The predicted octanol–water partition coefficient (Wildman–Crippen LogP) is 2.71. The summed E-state index contributed by atoms with van der Waals surface area (Å²) in [5, 5.41) is 8.78. The van der Waals surface area contributed by atoms with Crippen LogP contribution in [0.4, 0.5) is 0 Å². The minimum absolute atomic E-state index is 0.143. The number of rotatable bonds is 4. The van der Waals surface area contributed by atoms with Gasteiger partial charge >= 0.3 is 11.9 Å². The van der Waals surface area contributed by atoms with E-state index < -0.39 is 12.1 Å². The lowest BCUT2D eigenvalue weighted by atomic mass is 9.70. The molecule has 0 aromatic rings. The van der Waals surface area contributed by atoms with Crippen LogP contribution in [0.15, 0.2) is 0 Å². The van der Waals surface area contributed by atoms with Crippen molar-refractivity contribution in [3.05, 3.63) is 0 Å². The van der Waals surface area contributed by atoms with Gasteiger partial charge in [-0.1, -0.05) is 27.2 Å². The first-order chi connectivity index (χ1) is 8.32. The van der Waals surface area contributed by atoms with Crippen molar-refractivity contribution in [3.8, 4) is 0 Å². The lowest BCUT2D eigenvalue weighted by Gasteiger charge is -2.36. The first-order valence-corrected chi connectivity index (χ1v) is 6.76. The maximum absolute atomic E-state index is 12.1. The summed E-state index contributed by atoms with van der Waals surface area (Å²) in [6.07, 6.45) is 1.93. The summed E-state index contributed by atoms with van der Waals surface area (Å²) in [6.45, 7) is 7.76. The van der Waals surface area contributed by atoms with Crippen molar-refractivity contribution >= 4 is 11.9 Å². The normalized spacial score (nSPS) is 29.9. The molecule has 0 aromatic carbocycles. The van der Waals surface area contributed by atoms with E-state index in [9.17, 15) is 9.59 Å². The highest BCUT2D eigenvalue weighted by molar-refractivity contribution is 5.79. The van der Waals surface area contributed by atoms with Crippen LogP contribution >= 0.6 is 0 Å². The third-order valence-electron chi connectivity index (χ3n) is 3.97. The van der Waals surface area contributed by atoms with Crippen LogP contribution in [0.25, 0.3) is 0 Å². The van der Waals surface area contributed by atoms with Crippen molar-refractivity contribution in [1.29, 1.82) is 0 Å². The molecule has 0 heterocycles. The van der Waals surface area contributed by atoms with E-state index in [-0.39, 0.29) is 11.9 Å². The molecule has 1 saturated carbocycles. The number of carboxylic acid groups (broad SMARTS) is 1. The van der Waals surface area contributed by atoms with Crippen LogP contribution in [0.2, 0.25) is 0 Å². The Morgan fingerprint density at radius 1 is 1.22 bits per heavy atom. The van der Waals surface area contributed by atoms with E-state index in [1.54, 1.807) is 0 Å². The zero-order chi connectivity index (χ0) is 13.9. The zero-order valence-electron chi connectivity index (χ0n) is 11.7. The van der Waals surface area contributed by atoms with Gasteiger partial charge in [0.05, 0.1) is 5.92 Å². The molecule has 1 fully saturated rings. The van der Waals surface area contributed by atoms with Crippen LogP contribution in [-0.2, 0) is 14.3 Å². The Hall–Kier alpha value is -1.06. The van der Waals surface area contributed by atoms with Gasteiger partial charge in [0, 0.05) is 0 Å². The second-order valence-corrected chi connectivity index (χ2v) is 5.85. The van der Waals surface area contributed by atoms with Gasteiger partial charge in [-0.05, 0) is 37.5 Å². The van der Waals surface area contributed by atoms with Crippen LogP contribution < -0.4 is 0 Å². The molecule has 4 nitrogen and oxygen atoms in total. The van der Waals surface area contributed by atoms with Crippen molar-refractivity contribution in [3.63, 3.8) is 0 Å². The fourth-order valence-electron chi connectivity index (χ4n) is 2.79. The van der Waals surface area contributed by atoms with E-state index in [2.05, 4.69) is 20.8 Å². The molecular weight excluding hydrogens is 232 g/mol. The molecule has 0 amide bonds. The van der Waals surface area contributed by atoms with Crippen LogP contribution in [0.1, 0.15) is 47.0 Å². The molecule has 18 heavy (non-hydrogen) atoms. The number of hydrogen-bond acceptors (Lipinski definition) is 3. The Balaban J connectivity index is 2.69. The van der Waals surface area contributed by atoms with E-state index in [0.29, 0.717) is 17.8 Å². The summed E-state index contributed by atoms with van der Waals surface area (Å²) in [6, 6.07) is 0. The molecular formula is C14H24O4. The topological polar surface area (TPSA) is 63.6 Å². The third kappa shape index (κ3) is 3.72. The molecule has 4 atom stereocenters. The van der Waals surface area contributed by atoms with Gasteiger partial charge in [0.15, 0.2) is 6.10 Å². The fraction of sp³-hybridized carbons (Fsp3) is 0.857.